The molecule has 1 fully saturated rings. The van der Waals surface area contributed by atoms with Crippen molar-refractivity contribution in [3.8, 4) is 0 Å². The molecule has 2 amide bonds. The van der Waals surface area contributed by atoms with Gasteiger partial charge in [-0.15, -0.1) is 0 Å². The molecule has 1 aliphatic carbocycles. The molecule has 1 atom stereocenters. The first kappa shape index (κ1) is 16.0. The summed E-state index contributed by atoms with van der Waals surface area (Å²) in [6, 6.07) is 6.45. The molecule has 1 aromatic rings. The molecule has 0 radical (unpaired) electrons. The molecule has 1 aromatic carbocycles. The van der Waals surface area contributed by atoms with Crippen LogP contribution in [0.3, 0.4) is 0 Å². The fourth-order valence-electron chi connectivity index (χ4n) is 2.01. The Morgan fingerprint density at radius 1 is 1.23 bits per heavy atom. The van der Waals surface area contributed by atoms with Gasteiger partial charge >= 0.3 is 5.97 Å². The fourth-order valence-corrected chi connectivity index (χ4v) is 2.01. The van der Waals surface area contributed by atoms with Gasteiger partial charge in [-0.1, -0.05) is 0 Å². The smallest absolute Gasteiger partial charge is 0.303 e. The second-order valence-electron chi connectivity index (χ2n) is 5.65. The number of amides is 2. The van der Waals surface area contributed by atoms with Crippen molar-refractivity contribution in [2.45, 2.75) is 38.6 Å². The summed E-state index contributed by atoms with van der Waals surface area (Å²) >= 11 is 0. The van der Waals surface area contributed by atoms with E-state index in [0.29, 0.717) is 17.7 Å². The number of aliphatic carboxylic acids is 1. The van der Waals surface area contributed by atoms with E-state index in [-0.39, 0.29) is 30.2 Å². The first-order valence-corrected chi connectivity index (χ1v) is 7.39. The second kappa shape index (κ2) is 7.06. The lowest BCUT2D eigenvalue weighted by Crippen LogP contribution is -2.32. The summed E-state index contributed by atoms with van der Waals surface area (Å²) in [7, 11) is 0. The second-order valence-corrected chi connectivity index (χ2v) is 5.65. The molecule has 1 unspecified atom stereocenters. The van der Waals surface area contributed by atoms with Gasteiger partial charge in [-0.05, 0) is 50.5 Å². The Labute approximate surface area is 128 Å². The summed E-state index contributed by atoms with van der Waals surface area (Å²) in [5, 5.41) is 14.2. The van der Waals surface area contributed by atoms with Gasteiger partial charge < -0.3 is 15.7 Å². The molecule has 0 aliphatic heterocycles. The molecule has 1 aliphatic rings. The number of benzene rings is 1. The Kier molecular flexibility index (Phi) is 5.14. The zero-order valence-corrected chi connectivity index (χ0v) is 12.5. The van der Waals surface area contributed by atoms with Gasteiger partial charge in [-0.3, -0.25) is 14.4 Å². The lowest BCUT2D eigenvalue weighted by atomic mass is 10.1. The predicted molar refractivity (Wildman–Crippen MR) is 81.6 cm³/mol. The highest BCUT2D eigenvalue weighted by molar-refractivity contribution is 5.96. The van der Waals surface area contributed by atoms with Crippen molar-refractivity contribution in [1.82, 2.24) is 5.32 Å². The topological polar surface area (TPSA) is 95.5 Å². The van der Waals surface area contributed by atoms with E-state index in [2.05, 4.69) is 10.6 Å². The molecule has 0 heterocycles. The number of carboxylic acids is 1. The van der Waals surface area contributed by atoms with Crippen LogP contribution in [0, 0.1) is 5.92 Å². The summed E-state index contributed by atoms with van der Waals surface area (Å²) < 4.78 is 0. The molecule has 6 nitrogen and oxygen atoms in total. The number of carboxylic acid groups (broad SMARTS) is 1. The van der Waals surface area contributed by atoms with E-state index in [0.717, 1.165) is 12.8 Å². The van der Waals surface area contributed by atoms with Crippen LogP contribution in [0.25, 0.3) is 0 Å². The van der Waals surface area contributed by atoms with Gasteiger partial charge in [0.1, 0.15) is 0 Å². The Hall–Kier alpha value is -2.37. The lowest BCUT2D eigenvalue weighted by molar-refractivity contribution is -0.137. The monoisotopic (exact) mass is 304 g/mol. The Morgan fingerprint density at radius 3 is 2.41 bits per heavy atom. The average Bonchev–Trinajstić information content (AvgIpc) is 3.30. The van der Waals surface area contributed by atoms with Gasteiger partial charge in [0.05, 0.1) is 0 Å². The number of carbonyl (C=O) groups is 3. The highest BCUT2D eigenvalue weighted by Gasteiger charge is 2.29. The van der Waals surface area contributed by atoms with Gasteiger partial charge in [0.15, 0.2) is 0 Å². The van der Waals surface area contributed by atoms with Crippen LogP contribution in [0.1, 0.15) is 43.0 Å². The highest BCUT2D eigenvalue weighted by Crippen LogP contribution is 2.30. The molecule has 0 bridgehead atoms. The minimum Gasteiger partial charge on any atom is -0.481 e. The highest BCUT2D eigenvalue weighted by atomic mass is 16.4. The molecule has 0 aromatic heterocycles. The molecule has 0 saturated heterocycles. The van der Waals surface area contributed by atoms with E-state index in [4.69, 9.17) is 5.11 Å². The van der Waals surface area contributed by atoms with E-state index >= 15 is 0 Å². The SMILES string of the molecule is CC(CCC(=O)O)NC(=O)c1ccc(NC(=O)C2CC2)cc1. The third kappa shape index (κ3) is 4.87. The maximum atomic E-state index is 12.0. The molecule has 1 saturated carbocycles. The fraction of sp³-hybridized carbons (Fsp3) is 0.438. The molecule has 22 heavy (non-hydrogen) atoms. The lowest BCUT2D eigenvalue weighted by Gasteiger charge is -2.13. The maximum Gasteiger partial charge on any atom is 0.303 e. The molecular weight excluding hydrogens is 284 g/mol. The van der Waals surface area contributed by atoms with Crippen molar-refractivity contribution >= 4 is 23.5 Å². The van der Waals surface area contributed by atoms with E-state index < -0.39 is 5.97 Å². The number of nitrogens with one attached hydrogen (secondary N) is 2. The number of rotatable bonds is 7. The molecule has 118 valence electrons. The van der Waals surface area contributed by atoms with Gasteiger partial charge in [-0.2, -0.15) is 0 Å². The van der Waals surface area contributed by atoms with Crippen LogP contribution in [0.15, 0.2) is 24.3 Å². The zero-order chi connectivity index (χ0) is 16.1. The number of hydrogen-bond acceptors (Lipinski definition) is 3. The molecule has 2 rings (SSSR count). The van der Waals surface area contributed by atoms with Crippen molar-refractivity contribution in [2.24, 2.45) is 5.92 Å². The van der Waals surface area contributed by atoms with E-state index in [9.17, 15) is 14.4 Å². The largest absolute Gasteiger partial charge is 0.481 e. The normalized spacial score (nSPS) is 15.0. The molecule has 3 N–H and O–H groups in total. The Balaban J connectivity index is 1.84. The third-order valence-corrected chi connectivity index (χ3v) is 3.53. The van der Waals surface area contributed by atoms with Crippen LogP contribution in [0.4, 0.5) is 5.69 Å². The van der Waals surface area contributed by atoms with Crippen molar-refractivity contribution in [2.75, 3.05) is 5.32 Å². The van der Waals surface area contributed by atoms with E-state index in [1.807, 2.05) is 0 Å². The first-order chi connectivity index (χ1) is 10.5. The minimum absolute atomic E-state index is 0.0214. The van der Waals surface area contributed by atoms with Crippen LogP contribution in [-0.2, 0) is 9.59 Å². The van der Waals surface area contributed by atoms with Crippen LogP contribution >= 0.6 is 0 Å². The Bertz CT molecular complexity index is 564. The average molecular weight is 304 g/mol. The van der Waals surface area contributed by atoms with Gasteiger partial charge in [-0.25, -0.2) is 0 Å². The summed E-state index contributed by atoms with van der Waals surface area (Å²) in [4.78, 5) is 34.1. The van der Waals surface area contributed by atoms with Crippen molar-refractivity contribution in [1.29, 1.82) is 0 Å². The number of carbonyl (C=O) groups excluding carboxylic acids is 2. The molecular formula is C16H20N2O4. The third-order valence-electron chi connectivity index (χ3n) is 3.53. The predicted octanol–water partition coefficient (Wildman–Crippen LogP) is 2.02. The summed E-state index contributed by atoms with van der Waals surface area (Å²) in [6.45, 7) is 1.77. The molecule has 0 spiro atoms. The summed E-state index contributed by atoms with van der Waals surface area (Å²) in [5.41, 5.74) is 1.15. The zero-order valence-electron chi connectivity index (χ0n) is 12.5. The van der Waals surface area contributed by atoms with Crippen molar-refractivity contribution < 1.29 is 19.5 Å². The standard InChI is InChI=1S/C16H20N2O4/c1-10(2-9-14(19)20)17-15(21)12-5-7-13(8-6-12)18-16(22)11-3-4-11/h5-8,10-11H,2-4,9H2,1H3,(H,17,21)(H,18,22)(H,19,20). The summed E-state index contributed by atoms with van der Waals surface area (Å²) in [5.74, 6) is -0.965. The first-order valence-electron chi connectivity index (χ1n) is 7.39. The quantitative estimate of drug-likeness (QED) is 0.718. The van der Waals surface area contributed by atoms with Gasteiger partial charge in [0.2, 0.25) is 5.91 Å². The van der Waals surface area contributed by atoms with Gasteiger partial charge in [0, 0.05) is 29.6 Å². The van der Waals surface area contributed by atoms with Gasteiger partial charge in [0.25, 0.3) is 5.91 Å². The number of anilines is 1. The Morgan fingerprint density at radius 2 is 1.86 bits per heavy atom. The van der Waals surface area contributed by atoms with E-state index in [1.54, 1.807) is 31.2 Å². The van der Waals surface area contributed by atoms with Crippen molar-refractivity contribution in [3.05, 3.63) is 29.8 Å². The maximum absolute atomic E-state index is 12.0. The van der Waals surface area contributed by atoms with Crippen LogP contribution < -0.4 is 10.6 Å². The van der Waals surface area contributed by atoms with Crippen molar-refractivity contribution in [3.63, 3.8) is 0 Å². The van der Waals surface area contributed by atoms with E-state index in [1.165, 1.54) is 0 Å². The summed E-state index contributed by atoms with van der Waals surface area (Å²) in [6.07, 6.45) is 2.30. The molecule has 6 heteroatoms. The number of hydrogen-bond donors (Lipinski definition) is 3. The minimum atomic E-state index is -0.878. The van der Waals surface area contributed by atoms with Crippen LogP contribution in [0.2, 0.25) is 0 Å². The van der Waals surface area contributed by atoms with Crippen LogP contribution in [0.5, 0.6) is 0 Å². The van der Waals surface area contributed by atoms with Crippen LogP contribution in [-0.4, -0.2) is 28.9 Å².